The van der Waals surface area contributed by atoms with Crippen LogP contribution in [0, 0.1) is 201 Å². The Hall–Kier alpha value is -0.943. The number of pyridine rings is 2. The zero-order valence-electron chi connectivity index (χ0n) is 81.1. The molecule has 12 saturated heterocycles. The molecule has 1 spiro atoms. The summed E-state index contributed by atoms with van der Waals surface area (Å²) in [6.45, 7) is 62.9. The molecule has 7 aromatic rings. The number of halogens is 4. The average Bonchev–Trinajstić information content (AvgIpc) is 1.57. The molecule has 125 heavy (non-hydrogen) atoms. The van der Waals surface area contributed by atoms with Crippen molar-refractivity contribution in [2.75, 3.05) is 90.5 Å². The number of hydrogen-bond acceptors (Lipinski definition) is 5. The van der Waals surface area contributed by atoms with Crippen LogP contribution in [0.25, 0.3) is 6.15 Å². The minimum atomic E-state index is 0. The Labute approximate surface area is 884 Å². The van der Waals surface area contributed by atoms with Crippen molar-refractivity contribution in [3.05, 3.63) is 263 Å². The number of carbonyl (C=O) groups excluding carboxylic acids is 1. The Morgan fingerprint density at radius 2 is 0.840 bits per heavy atom. The molecule has 0 amide bonds. The van der Waals surface area contributed by atoms with Crippen molar-refractivity contribution in [3.63, 3.8) is 0 Å². The zero-order chi connectivity index (χ0) is 87.4. The summed E-state index contributed by atoms with van der Waals surface area (Å²) in [4.78, 5) is 26.0. The van der Waals surface area contributed by atoms with E-state index in [1.54, 1.807) is 5.56 Å². The van der Waals surface area contributed by atoms with Crippen LogP contribution in [-0.4, -0.2) is 149 Å². The molecule has 4 saturated carbocycles. The van der Waals surface area contributed by atoms with Gasteiger partial charge in [0.2, 0.25) is 0 Å². The molecule has 660 valence electrons. The summed E-state index contributed by atoms with van der Waals surface area (Å²) in [6, 6.07) is 34.4. The molecular formula is C105H146B3Br4Li2N8OPdRb+2. The van der Waals surface area contributed by atoms with Gasteiger partial charge in [-0.1, -0.05) is 180 Å². The fourth-order valence-electron chi connectivity index (χ4n) is 24.0. The van der Waals surface area contributed by atoms with Gasteiger partial charge in [-0.15, -0.1) is 30.4 Å². The second-order valence-electron chi connectivity index (χ2n) is 40.0. The summed E-state index contributed by atoms with van der Waals surface area (Å²) in [5.41, 5.74) is 34.4. The Bertz CT molecular complexity index is 4550. The molecule has 2 N–H and O–H groups in total. The largest absolute Gasteiger partial charge is 1.00 e. The molecule has 13 aliphatic heterocycles. The van der Waals surface area contributed by atoms with Gasteiger partial charge in [0, 0.05) is 140 Å². The molecule has 8 unspecified atom stereocenters. The molecular weight excluding hydrogens is 1950 g/mol. The van der Waals surface area contributed by atoms with Crippen LogP contribution in [0.5, 0.6) is 0 Å². The number of Topliss-reactive ketones (excluding diaryl/α,β-unsaturated/α-hetero) is 1. The van der Waals surface area contributed by atoms with Crippen LogP contribution in [0.1, 0.15) is 201 Å². The first-order chi connectivity index (χ1) is 56.8. The molecule has 16 fully saturated rings. The Morgan fingerprint density at radius 1 is 0.464 bits per heavy atom. The van der Waals surface area contributed by atoms with Crippen LogP contribution in [0.3, 0.4) is 0 Å². The van der Waals surface area contributed by atoms with E-state index in [-0.39, 0.29) is 122 Å². The van der Waals surface area contributed by atoms with Gasteiger partial charge < -0.3 is 35.1 Å². The van der Waals surface area contributed by atoms with Crippen molar-refractivity contribution in [3.8, 4) is 0 Å². The average molecular weight is 2090 g/mol. The maximum absolute atomic E-state index is 11.7. The van der Waals surface area contributed by atoms with Crippen LogP contribution in [0.15, 0.2) is 109 Å². The Balaban J connectivity index is 0.000000218. The molecule has 15 heterocycles. The van der Waals surface area contributed by atoms with Crippen LogP contribution >= 0.6 is 63.7 Å². The number of carbonyl (C=O) groups is 1. The summed E-state index contributed by atoms with van der Waals surface area (Å²) >= 11 is 13.9. The third kappa shape index (κ3) is 26.9. The third-order valence-corrected chi connectivity index (χ3v) is 33.4. The van der Waals surface area contributed by atoms with E-state index in [2.05, 4.69) is 314 Å². The maximum Gasteiger partial charge on any atom is 1.00 e. The quantitative estimate of drug-likeness (QED) is 0.0717. The molecule has 20 heteroatoms. The number of quaternary nitrogens is 3. The number of fused-ring (bicyclic) bond motifs is 1. The molecule has 2 aromatic heterocycles. The molecule has 4 aliphatic carbocycles. The fraction of sp³-hybridized carbons (Fsp3) is 0.562. The standard InChI is InChI=1S/C17H22BN.C17H22N2.C12H17Br.C10H15BN.2C10H14BrN.C9H13BNO.C8H9Br.C8H9.C4H9.2Li.H2N.Pd.Rb/c1-12-4-2-3-5-14(12)8-17-15-6-13-7-16(17)11-19(18,9-13)10-15;1-18-16-5-3-2-4-13(16)8-17(18)14-6-12-7-15(17)11-19(9-12)10-14;1-7-8(2)10(4)12(6-13)11(5)9(7)3;1-7-9-2-8-3-10(7)6-12(11,4-8)5-9;1-6-8(3)12-9(4)7(2)10(6)5-11;1-6-7(2)10(5-11)9(4)12-8(6)3;10-11-3-6-1-7(4-11)9(12)8(2-6)5-11;1-7-4-2-3-5-8(7)6-9;1-7-5-3-4-6-8(7)2;1-4(2)3;;;;;/h2-5,13,15-16H,6-11H2,1H3;2-5,12,14-15H,6-11H2,1H3;6H2,1-5H3;8-10H,1-6H2;2*5H2,1-4H3;6-8H,1-5H2;2-5H,6H2,1H3;3-6H,1H2,2H3;1-3H3;;;1H2;;/q;;;+1;;;+1;;2*-1;2*+1;-1;;+1. The number of likely N-dealkylation sites (N-methyl/N-ethyl adjacent to an activating group) is 1. The Morgan fingerprint density at radius 3 is 1.25 bits per heavy atom. The van der Waals surface area contributed by atoms with Gasteiger partial charge in [0.15, 0.2) is 0 Å². The van der Waals surface area contributed by atoms with Crippen molar-refractivity contribution >= 4 is 99.1 Å². The van der Waals surface area contributed by atoms with Gasteiger partial charge in [-0.05, 0) is 256 Å². The van der Waals surface area contributed by atoms with Crippen LogP contribution in [0.4, 0.5) is 5.69 Å². The van der Waals surface area contributed by atoms with Gasteiger partial charge in [0.1, 0.15) is 5.78 Å². The molecule has 24 rings (SSSR count). The summed E-state index contributed by atoms with van der Waals surface area (Å²) in [7, 11) is 21.3. The predicted molar refractivity (Wildman–Crippen MR) is 530 cm³/mol. The minimum Gasteiger partial charge on any atom is -0.693 e. The van der Waals surface area contributed by atoms with Gasteiger partial charge in [-0.3, -0.25) is 20.7 Å². The van der Waals surface area contributed by atoms with E-state index in [0.717, 1.165) is 150 Å². The topological polar surface area (TPSA) is 82.8 Å². The second kappa shape index (κ2) is 49.2. The van der Waals surface area contributed by atoms with E-state index >= 15 is 0 Å². The van der Waals surface area contributed by atoms with E-state index in [1.807, 2.05) is 24.1 Å². The van der Waals surface area contributed by atoms with Gasteiger partial charge in [-0.2, -0.15) is 44.9 Å². The first kappa shape index (κ1) is 113. The number of rotatable bonds is 6. The number of aryl methyl sites for hydroxylation is 7. The summed E-state index contributed by atoms with van der Waals surface area (Å²) in [6.07, 6.45) is 13.3. The van der Waals surface area contributed by atoms with Gasteiger partial charge in [-0.25, -0.2) is 0 Å². The van der Waals surface area contributed by atoms with Crippen molar-refractivity contribution in [2.45, 2.75) is 223 Å². The third-order valence-electron chi connectivity index (χ3n) is 31.1. The SMILES string of the molecule is CN1c2ccccc2CC12C1CC3CC2CN(C3)C1.C[C-](C)C.Cc1c(C)c(C)c(CBr)c(C)c1C.Cc1ccccc1CBr.Cc1nc(C)c(C)c(CBr)c1C.Cc1nc(C)c(CBr)c(C)c1C.[B][N+]12CC3CC(C1)C(=C)C(C3)C2.[B][N+]12CC3CC(C1)C(=O)C(C3)C2.[B][N+]12CC3CC(C1)[C-](Cc1ccccc1C)C(C3)C2.[CH2-]c1ccccc1C.[Li+].[Li+].[NH2-].[Pd].[Rb+]. The predicted octanol–water partition coefficient (Wildman–Crippen LogP) is 15.3. The van der Waals surface area contributed by atoms with Crippen molar-refractivity contribution in [1.82, 2.24) is 14.9 Å². The molecule has 8 atom stereocenters. The number of ketones is 1. The fourth-order valence-corrected chi connectivity index (χ4v) is 27.2. The van der Waals surface area contributed by atoms with Crippen molar-refractivity contribution < 1.29 is 134 Å². The van der Waals surface area contributed by atoms with Gasteiger partial charge >= 0.3 is 120 Å². The monoisotopic (exact) mass is 2090 g/mol. The van der Waals surface area contributed by atoms with E-state index in [4.69, 9.17) is 23.9 Å². The number of anilines is 1. The number of hydrogen-bond donors (Lipinski definition) is 0. The van der Waals surface area contributed by atoms with Gasteiger partial charge in [0.25, 0.3) is 0 Å². The number of benzene rings is 5. The van der Waals surface area contributed by atoms with Crippen molar-refractivity contribution in [2.24, 2.45) is 71.0 Å². The van der Waals surface area contributed by atoms with Crippen LogP contribution in [0.2, 0.25) is 0 Å². The molecule has 9 nitrogen and oxygen atoms in total. The van der Waals surface area contributed by atoms with Crippen LogP contribution < -0.4 is 101 Å². The Kier molecular flexibility index (Phi) is 44.4. The zero-order valence-corrected chi connectivity index (χ0v) is 94.0. The van der Waals surface area contributed by atoms with E-state index in [9.17, 15) is 4.79 Å². The first-order valence-electron chi connectivity index (χ1n) is 45.2. The van der Waals surface area contributed by atoms with Crippen molar-refractivity contribution in [1.29, 1.82) is 0 Å². The van der Waals surface area contributed by atoms with E-state index in [1.165, 1.54) is 222 Å². The summed E-state index contributed by atoms with van der Waals surface area (Å²) in [5.74, 6) is 12.9. The molecule has 16 bridgehead atoms. The molecule has 5 aromatic carbocycles. The first-order valence-corrected chi connectivity index (χ1v) is 49.7. The number of alkyl halides is 4. The number of nitrogens with zero attached hydrogens (tertiary/aromatic N) is 7. The van der Waals surface area contributed by atoms with Crippen LogP contribution in [-0.2, 0) is 59.4 Å². The molecule has 6 radical (unpaired) electrons. The number of nitrogens with two attached hydrogens (primary N) is 1. The van der Waals surface area contributed by atoms with Gasteiger partial charge in [0.05, 0.1) is 63.2 Å². The van der Waals surface area contributed by atoms with E-state index < -0.39 is 0 Å². The van der Waals surface area contributed by atoms with E-state index in [0.29, 0.717) is 27.6 Å². The molecule has 17 aliphatic rings. The second-order valence-corrected chi connectivity index (χ2v) is 42.2. The maximum atomic E-state index is 11.7. The number of para-hydroxylation sites is 1. The summed E-state index contributed by atoms with van der Waals surface area (Å²) < 4.78 is 2.43. The summed E-state index contributed by atoms with van der Waals surface area (Å²) in [5, 5.41) is 3.75. The normalized spacial score (nSPS) is 28.7. The minimum absolute atomic E-state index is 0. The smallest absolute Gasteiger partial charge is 0.693 e. The number of piperidine rings is 12. The number of aromatic nitrogens is 2.